The van der Waals surface area contributed by atoms with E-state index in [1.165, 1.54) is 6.07 Å². The summed E-state index contributed by atoms with van der Waals surface area (Å²) in [5.41, 5.74) is -0.458. The van der Waals surface area contributed by atoms with Crippen molar-refractivity contribution in [2.45, 2.75) is 19.3 Å². The van der Waals surface area contributed by atoms with Crippen LogP contribution in [0, 0.1) is 16.0 Å². The Bertz CT molecular complexity index is 652. The van der Waals surface area contributed by atoms with Gasteiger partial charge in [0.05, 0.1) is 29.8 Å². The van der Waals surface area contributed by atoms with Crippen LogP contribution in [-0.2, 0) is 9.47 Å². The lowest BCUT2D eigenvalue weighted by atomic mass is 9.95. The van der Waals surface area contributed by atoms with Crippen molar-refractivity contribution in [1.29, 1.82) is 0 Å². The van der Waals surface area contributed by atoms with E-state index >= 15 is 0 Å². The third-order valence-corrected chi connectivity index (χ3v) is 3.61. The van der Waals surface area contributed by atoms with E-state index in [9.17, 15) is 19.7 Å². The van der Waals surface area contributed by atoms with Gasteiger partial charge in [-0.1, -0.05) is 12.2 Å². The van der Waals surface area contributed by atoms with Gasteiger partial charge in [0.2, 0.25) is 0 Å². The first kappa shape index (κ1) is 16.7. The van der Waals surface area contributed by atoms with Gasteiger partial charge in [-0.15, -0.1) is 0 Å². The second kappa shape index (κ2) is 7.53. The van der Waals surface area contributed by atoms with Crippen LogP contribution >= 0.6 is 0 Å². The standard InChI is InChI=1S/C16H17NO6/c1-22-15(18)12-7-13(9-14(8-12)17(20)21)16(19)23-10-11-5-3-2-4-6-11/h2-3,7-9,11H,4-6,10H2,1H3. The normalized spacial score (nSPS) is 16.7. The first-order valence-electron chi connectivity index (χ1n) is 7.21. The van der Waals surface area contributed by atoms with E-state index in [0.29, 0.717) is 0 Å². The van der Waals surface area contributed by atoms with Gasteiger partial charge in [0.15, 0.2) is 0 Å². The number of nitro groups is 1. The van der Waals surface area contributed by atoms with Crippen LogP contribution in [0.5, 0.6) is 0 Å². The number of hydrogen-bond donors (Lipinski definition) is 0. The first-order valence-corrected chi connectivity index (χ1v) is 7.21. The molecule has 0 fully saturated rings. The zero-order valence-electron chi connectivity index (χ0n) is 12.7. The highest BCUT2D eigenvalue weighted by Crippen LogP contribution is 2.21. The lowest BCUT2D eigenvalue weighted by molar-refractivity contribution is -0.384. The Morgan fingerprint density at radius 1 is 1.22 bits per heavy atom. The number of carbonyl (C=O) groups excluding carboxylic acids is 2. The molecule has 0 saturated heterocycles. The number of benzene rings is 1. The molecular formula is C16H17NO6. The second-order valence-electron chi connectivity index (χ2n) is 5.27. The molecule has 122 valence electrons. The maximum Gasteiger partial charge on any atom is 0.338 e. The molecule has 0 bridgehead atoms. The Kier molecular flexibility index (Phi) is 5.46. The van der Waals surface area contributed by atoms with E-state index in [4.69, 9.17) is 4.74 Å². The minimum Gasteiger partial charge on any atom is -0.465 e. The molecule has 2 rings (SSSR count). The lowest BCUT2D eigenvalue weighted by Gasteiger charge is -2.17. The topological polar surface area (TPSA) is 95.7 Å². The van der Waals surface area contributed by atoms with Crippen LogP contribution in [0.25, 0.3) is 0 Å². The molecule has 7 heteroatoms. The minimum absolute atomic E-state index is 0.0362. The number of esters is 2. The Labute approximate surface area is 133 Å². The molecule has 0 aromatic heterocycles. The van der Waals surface area contributed by atoms with Crippen molar-refractivity contribution in [3.8, 4) is 0 Å². The molecule has 1 aliphatic carbocycles. The fraction of sp³-hybridized carbons (Fsp3) is 0.375. The molecule has 0 heterocycles. The number of methoxy groups -OCH3 is 1. The number of nitrogens with zero attached hydrogens (tertiary/aromatic N) is 1. The number of nitro benzene ring substituents is 1. The van der Waals surface area contributed by atoms with Crippen molar-refractivity contribution < 1.29 is 24.0 Å². The number of rotatable bonds is 5. The van der Waals surface area contributed by atoms with E-state index in [1.54, 1.807) is 0 Å². The van der Waals surface area contributed by atoms with E-state index in [2.05, 4.69) is 10.8 Å². The van der Waals surface area contributed by atoms with Crippen molar-refractivity contribution >= 4 is 17.6 Å². The number of ether oxygens (including phenoxy) is 2. The van der Waals surface area contributed by atoms with Crippen molar-refractivity contribution in [2.75, 3.05) is 13.7 Å². The highest BCUT2D eigenvalue weighted by atomic mass is 16.6. The summed E-state index contributed by atoms with van der Waals surface area (Å²) in [6.45, 7) is 0.249. The van der Waals surface area contributed by atoms with Crippen LogP contribution in [0.3, 0.4) is 0 Å². The monoisotopic (exact) mass is 319 g/mol. The number of carbonyl (C=O) groups is 2. The molecule has 1 atom stereocenters. The molecule has 1 unspecified atom stereocenters. The van der Waals surface area contributed by atoms with Crippen molar-refractivity contribution in [2.24, 2.45) is 5.92 Å². The Balaban J connectivity index is 2.14. The second-order valence-corrected chi connectivity index (χ2v) is 5.27. The van der Waals surface area contributed by atoms with Gasteiger partial charge in [-0.25, -0.2) is 9.59 Å². The molecule has 0 aliphatic heterocycles. The van der Waals surface area contributed by atoms with Crippen LogP contribution in [0.15, 0.2) is 30.4 Å². The van der Waals surface area contributed by atoms with Gasteiger partial charge < -0.3 is 9.47 Å². The molecule has 1 aromatic carbocycles. The molecule has 0 N–H and O–H groups in total. The summed E-state index contributed by atoms with van der Waals surface area (Å²) in [6, 6.07) is 3.39. The molecule has 0 radical (unpaired) electrons. The summed E-state index contributed by atoms with van der Waals surface area (Å²) in [4.78, 5) is 33.9. The Hall–Kier alpha value is -2.70. The zero-order valence-corrected chi connectivity index (χ0v) is 12.7. The van der Waals surface area contributed by atoms with Gasteiger partial charge in [0.25, 0.3) is 5.69 Å². The summed E-state index contributed by atoms with van der Waals surface area (Å²) < 4.78 is 9.76. The average Bonchev–Trinajstić information content (AvgIpc) is 2.59. The Morgan fingerprint density at radius 3 is 2.48 bits per heavy atom. The molecule has 0 amide bonds. The average molecular weight is 319 g/mol. The van der Waals surface area contributed by atoms with Crippen LogP contribution in [0.4, 0.5) is 5.69 Å². The quantitative estimate of drug-likeness (QED) is 0.358. The molecule has 1 aromatic rings. The number of non-ortho nitro benzene ring substituents is 1. The molecule has 7 nitrogen and oxygen atoms in total. The van der Waals surface area contributed by atoms with Crippen LogP contribution in [0.1, 0.15) is 40.0 Å². The summed E-state index contributed by atoms with van der Waals surface area (Å²) in [6.07, 6.45) is 6.86. The third kappa shape index (κ3) is 4.38. The van der Waals surface area contributed by atoms with E-state index < -0.39 is 16.9 Å². The van der Waals surface area contributed by atoms with Crippen LogP contribution < -0.4 is 0 Å². The predicted molar refractivity (Wildman–Crippen MR) is 81.2 cm³/mol. The SMILES string of the molecule is COC(=O)c1cc(C(=O)OCC2CC=CCC2)cc([N+](=O)[O-])c1. The number of allylic oxidation sites excluding steroid dienone is 2. The molecule has 23 heavy (non-hydrogen) atoms. The molecule has 0 saturated carbocycles. The predicted octanol–water partition coefficient (Wildman–Crippen LogP) is 2.89. The van der Waals surface area contributed by atoms with E-state index in [0.717, 1.165) is 38.5 Å². The van der Waals surface area contributed by atoms with Gasteiger partial charge in [-0.3, -0.25) is 10.1 Å². The highest BCUT2D eigenvalue weighted by molar-refractivity contribution is 5.96. The van der Waals surface area contributed by atoms with Gasteiger partial charge in [0, 0.05) is 12.1 Å². The minimum atomic E-state index is -0.750. The van der Waals surface area contributed by atoms with E-state index in [1.807, 2.05) is 6.08 Å². The first-order chi connectivity index (χ1) is 11.0. The summed E-state index contributed by atoms with van der Waals surface area (Å²) in [5.74, 6) is -1.18. The highest BCUT2D eigenvalue weighted by Gasteiger charge is 2.20. The van der Waals surface area contributed by atoms with Gasteiger partial charge in [-0.2, -0.15) is 0 Å². The summed E-state index contributed by atoms with van der Waals surface area (Å²) in [5, 5.41) is 10.9. The Morgan fingerprint density at radius 2 is 1.91 bits per heavy atom. The third-order valence-electron chi connectivity index (χ3n) is 3.61. The fourth-order valence-corrected chi connectivity index (χ4v) is 2.35. The van der Waals surface area contributed by atoms with Crippen molar-refractivity contribution in [1.82, 2.24) is 0 Å². The molecule has 1 aliphatic rings. The lowest BCUT2D eigenvalue weighted by Crippen LogP contribution is -2.16. The van der Waals surface area contributed by atoms with E-state index in [-0.39, 0.29) is 29.3 Å². The van der Waals surface area contributed by atoms with Gasteiger partial charge >= 0.3 is 11.9 Å². The fourth-order valence-electron chi connectivity index (χ4n) is 2.35. The maximum atomic E-state index is 12.1. The van der Waals surface area contributed by atoms with Crippen molar-refractivity contribution in [3.05, 3.63) is 51.6 Å². The largest absolute Gasteiger partial charge is 0.465 e. The maximum absolute atomic E-state index is 12.1. The summed E-state index contributed by atoms with van der Waals surface area (Å²) in [7, 11) is 1.16. The summed E-state index contributed by atoms with van der Waals surface area (Å²) >= 11 is 0. The van der Waals surface area contributed by atoms with Gasteiger partial charge in [-0.05, 0) is 31.2 Å². The van der Waals surface area contributed by atoms with Crippen LogP contribution in [0.2, 0.25) is 0 Å². The van der Waals surface area contributed by atoms with Gasteiger partial charge in [0.1, 0.15) is 0 Å². The molecule has 0 spiro atoms. The van der Waals surface area contributed by atoms with Crippen molar-refractivity contribution in [3.63, 3.8) is 0 Å². The smallest absolute Gasteiger partial charge is 0.338 e. The zero-order chi connectivity index (χ0) is 16.8. The molecular weight excluding hydrogens is 302 g/mol. The number of hydrogen-bond acceptors (Lipinski definition) is 6. The van der Waals surface area contributed by atoms with Crippen LogP contribution in [-0.4, -0.2) is 30.6 Å².